The summed E-state index contributed by atoms with van der Waals surface area (Å²) in [6, 6.07) is 17.8. The van der Waals surface area contributed by atoms with E-state index in [0.29, 0.717) is 13.1 Å². The molecule has 1 fully saturated rings. The Bertz CT molecular complexity index is 978. The van der Waals surface area contributed by atoms with Gasteiger partial charge in [-0.1, -0.05) is 48.5 Å². The van der Waals surface area contributed by atoms with Crippen molar-refractivity contribution in [3.05, 3.63) is 60.2 Å². The van der Waals surface area contributed by atoms with E-state index in [1.165, 1.54) is 0 Å². The van der Waals surface area contributed by atoms with E-state index in [-0.39, 0.29) is 17.6 Å². The number of primary amides is 1. The molecule has 138 valence electrons. The molecule has 0 aliphatic carbocycles. The summed E-state index contributed by atoms with van der Waals surface area (Å²) in [6.45, 7) is 1.67. The number of aromatic nitrogens is 1. The van der Waals surface area contributed by atoms with Gasteiger partial charge in [0.25, 0.3) is 0 Å². The number of rotatable bonds is 5. The molecule has 4 rings (SSSR count). The maximum absolute atomic E-state index is 13.3. The highest BCUT2D eigenvalue weighted by molar-refractivity contribution is 6.14. The van der Waals surface area contributed by atoms with Gasteiger partial charge in [0.2, 0.25) is 5.91 Å². The van der Waals surface area contributed by atoms with Crippen LogP contribution in [-0.2, 0) is 4.79 Å². The highest BCUT2D eigenvalue weighted by Crippen LogP contribution is 2.31. The van der Waals surface area contributed by atoms with Gasteiger partial charge < -0.3 is 10.7 Å². The Balaban J connectivity index is 1.68. The van der Waals surface area contributed by atoms with Crippen LogP contribution in [0.15, 0.2) is 54.6 Å². The van der Waals surface area contributed by atoms with E-state index in [4.69, 9.17) is 5.73 Å². The van der Waals surface area contributed by atoms with Gasteiger partial charge in [-0.25, -0.2) is 0 Å². The summed E-state index contributed by atoms with van der Waals surface area (Å²) in [7, 11) is 0. The number of carbonyl (C=O) groups excluding carboxylic acids is 2. The van der Waals surface area contributed by atoms with E-state index in [9.17, 15) is 9.59 Å². The van der Waals surface area contributed by atoms with E-state index in [1.54, 1.807) is 0 Å². The molecule has 1 aliphatic heterocycles. The molecule has 0 saturated carbocycles. The number of nitrogens with zero attached hydrogens (tertiary/aromatic N) is 1. The van der Waals surface area contributed by atoms with E-state index in [1.807, 2.05) is 54.6 Å². The Morgan fingerprint density at radius 2 is 1.81 bits per heavy atom. The van der Waals surface area contributed by atoms with Crippen molar-refractivity contribution in [3.63, 3.8) is 0 Å². The van der Waals surface area contributed by atoms with Gasteiger partial charge in [-0.05, 0) is 31.0 Å². The summed E-state index contributed by atoms with van der Waals surface area (Å²) in [5.74, 6) is -0.372. The molecule has 3 N–H and O–H groups in total. The van der Waals surface area contributed by atoms with Crippen molar-refractivity contribution < 1.29 is 9.59 Å². The van der Waals surface area contributed by atoms with Crippen LogP contribution in [0.2, 0.25) is 0 Å². The molecule has 1 amide bonds. The first-order chi connectivity index (χ1) is 13.1. The average Bonchev–Trinajstić information content (AvgIpc) is 3.08. The number of Topliss-reactive ketones (excluding diaryl/α,β-unsaturated/α-hetero) is 1. The minimum absolute atomic E-state index is 0.0661. The van der Waals surface area contributed by atoms with Crippen molar-refractivity contribution in [2.45, 2.75) is 12.8 Å². The molecule has 0 unspecified atom stereocenters. The summed E-state index contributed by atoms with van der Waals surface area (Å²) < 4.78 is 0. The summed E-state index contributed by atoms with van der Waals surface area (Å²) in [5, 5.41) is 0.935. The number of likely N-dealkylation sites (tertiary alicyclic amines) is 1. The number of nitrogens with two attached hydrogens (primary N) is 1. The smallest absolute Gasteiger partial charge is 0.221 e. The molecular formula is C22H23N3O2. The van der Waals surface area contributed by atoms with E-state index in [0.717, 1.165) is 47.1 Å². The second-order valence-electron chi connectivity index (χ2n) is 7.19. The first kappa shape index (κ1) is 17.5. The third-order valence-electron chi connectivity index (χ3n) is 5.32. The number of piperidine rings is 1. The molecule has 0 bridgehead atoms. The molecule has 1 aliphatic rings. The normalized spacial score (nSPS) is 17.9. The number of amides is 1. The maximum atomic E-state index is 13.3. The lowest BCUT2D eigenvalue weighted by Gasteiger charge is -2.30. The molecule has 1 saturated heterocycles. The standard InChI is InChI=1S/C22H23N3O2/c23-22(27)16-9-6-12-25(13-16)14-19(26)20-17-10-4-5-11-18(17)24-21(20)15-7-2-1-3-8-15/h1-5,7-8,10-11,16,24H,6,9,12-14H2,(H2,23,27)/t16-/m1/s1. The monoisotopic (exact) mass is 361 g/mol. The van der Waals surface area contributed by atoms with Gasteiger partial charge in [0.15, 0.2) is 5.78 Å². The molecular weight excluding hydrogens is 338 g/mol. The molecule has 5 nitrogen and oxygen atoms in total. The largest absolute Gasteiger partial charge is 0.369 e. The second-order valence-corrected chi connectivity index (χ2v) is 7.19. The highest BCUT2D eigenvalue weighted by Gasteiger charge is 2.27. The van der Waals surface area contributed by atoms with Crippen LogP contribution < -0.4 is 5.73 Å². The number of aromatic amines is 1. The maximum Gasteiger partial charge on any atom is 0.221 e. The van der Waals surface area contributed by atoms with E-state index < -0.39 is 0 Å². The highest BCUT2D eigenvalue weighted by atomic mass is 16.1. The van der Waals surface area contributed by atoms with E-state index >= 15 is 0 Å². The Kier molecular flexibility index (Phi) is 4.77. The van der Waals surface area contributed by atoms with Gasteiger partial charge in [0, 0.05) is 17.4 Å². The Morgan fingerprint density at radius 3 is 2.59 bits per heavy atom. The lowest BCUT2D eigenvalue weighted by Crippen LogP contribution is -2.43. The molecule has 0 radical (unpaired) electrons. The first-order valence-corrected chi connectivity index (χ1v) is 9.34. The predicted molar refractivity (Wildman–Crippen MR) is 106 cm³/mol. The number of benzene rings is 2. The van der Waals surface area contributed by atoms with Crippen LogP contribution in [0, 0.1) is 5.92 Å². The van der Waals surface area contributed by atoms with Gasteiger partial charge in [-0.3, -0.25) is 14.5 Å². The Morgan fingerprint density at radius 1 is 1.07 bits per heavy atom. The van der Waals surface area contributed by atoms with Crippen LogP contribution in [0.4, 0.5) is 0 Å². The Hall–Kier alpha value is -2.92. The van der Waals surface area contributed by atoms with Gasteiger partial charge in [-0.15, -0.1) is 0 Å². The number of carbonyl (C=O) groups is 2. The summed E-state index contributed by atoms with van der Waals surface area (Å²) in [5.41, 5.74) is 8.99. The van der Waals surface area contributed by atoms with Crippen LogP contribution >= 0.6 is 0 Å². The summed E-state index contributed by atoms with van der Waals surface area (Å²) >= 11 is 0. The lowest BCUT2D eigenvalue weighted by molar-refractivity contribution is -0.123. The number of para-hydroxylation sites is 1. The molecule has 27 heavy (non-hydrogen) atoms. The van der Waals surface area contributed by atoms with Crippen LogP contribution in [-0.4, -0.2) is 41.2 Å². The zero-order chi connectivity index (χ0) is 18.8. The van der Waals surface area contributed by atoms with Gasteiger partial charge >= 0.3 is 0 Å². The molecule has 2 heterocycles. The zero-order valence-electron chi connectivity index (χ0n) is 15.2. The quantitative estimate of drug-likeness (QED) is 0.685. The fourth-order valence-electron chi connectivity index (χ4n) is 3.97. The lowest BCUT2D eigenvalue weighted by atomic mass is 9.96. The fraction of sp³-hybridized carbons (Fsp3) is 0.273. The van der Waals surface area contributed by atoms with Crippen molar-refractivity contribution in [1.82, 2.24) is 9.88 Å². The van der Waals surface area contributed by atoms with Crippen molar-refractivity contribution in [1.29, 1.82) is 0 Å². The molecule has 1 atom stereocenters. The molecule has 0 spiro atoms. The number of fused-ring (bicyclic) bond motifs is 1. The second kappa shape index (κ2) is 7.37. The first-order valence-electron chi connectivity index (χ1n) is 9.34. The number of nitrogens with one attached hydrogen (secondary N) is 1. The van der Waals surface area contributed by atoms with Crippen molar-refractivity contribution in [2.75, 3.05) is 19.6 Å². The minimum atomic E-state index is -0.274. The number of H-pyrrole nitrogens is 1. The van der Waals surface area contributed by atoms with Crippen LogP contribution in [0.5, 0.6) is 0 Å². The minimum Gasteiger partial charge on any atom is -0.369 e. The molecule has 2 aromatic carbocycles. The third-order valence-corrected chi connectivity index (χ3v) is 5.32. The number of hydrogen-bond acceptors (Lipinski definition) is 3. The van der Waals surface area contributed by atoms with Crippen molar-refractivity contribution in [3.8, 4) is 11.3 Å². The fourth-order valence-corrected chi connectivity index (χ4v) is 3.97. The summed E-state index contributed by atoms with van der Waals surface area (Å²) in [4.78, 5) is 30.3. The number of ketones is 1. The molecule has 3 aromatic rings. The van der Waals surface area contributed by atoms with Gasteiger partial charge in [0.1, 0.15) is 0 Å². The summed E-state index contributed by atoms with van der Waals surface area (Å²) in [6.07, 6.45) is 1.70. The molecule has 1 aromatic heterocycles. The van der Waals surface area contributed by atoms with Crippen molar-refractivity contribution in [2.24, 2.45) is 11.7 Å². The van der Waals surface area contributed by atoms with Crippen LogP contribution in [0.1, 0.15) is 23.2 Å². The van der Waals surface area contributed by atoms with E-state index in [2.05, 4.69) is 9.88 Å². The number of hydrogen-bond donors (Lipinski definition) is 2. The van der Waals surface area contributed by atoms with Gasteiger partial charge in [0.05, 0.1) is 23.7 Å². The van der Waals surface area contributed by atoms with Crippen LogP contribution in [0.3, 0.4) is 0 Å². The van der Waals surface area contributed by atoms with Crippen LogP contribution in [0.25, 0.3) is 22.2 Å². The third kappa shape index (κ3) is 3.51. The van der Waals surface area contributed by atoms with Crippen molar-refractivity contribution >= 4 is 22.6 Å². The Labute approximate surface area is 158 Å². The zero-order valence-corrected chi connectivity index (χ0v) is 15.2. The predicted octanol–water partition coefficient (Wildman–Crippen LogP) is 3.21. The molecule has 5 heteroatoms. The van der Waals surface area contributed by atoms with Gasteiger partial charge in [-0.2, -0.15) is 0 Å². The topological polar surface area (TPSA) is 79.2 Å². The average molecular weight is 361 g/mol. The SMILES string of the molecule is NC(=O)[C@@H]1CCCN(CC(=O)c2c(-c3ccccc3)[nH]c3ccccc23)C1.